The highest BCUT2D eigenvalue weighted by molar-refractivity contribution is 9.10. The second-order valence-electron chi connectivity index (χ2n) is 3.46. The molecule has 94 valence electrons. The minimum Gasteiger partial charge on any atom is -0.389 e. The predicted octanol–water partition coefficient (Wildman–Crippen LogP) is 3.49. The fourth-order valence-electron chi connectivity index (χ4n) is 1.28. The summed E-state index contributed by atoms with van der Waals surface area (Å²) in [6, 6.07) is 8.14. The van der Waals surface area contributed by atoms with Crippen molar-refractivity contribution in [2.45, 2.75) is 6.61 Å². The maximum absolute atomic E-state index is 12.9. The van der Waals surface area contributed by atoms with E-state index in [9.17, 15) is 4.39 Å². The minimum atomic E-state index is -0.299. The molecule has 2 rings (SSSR count). The highest BCUT2D eigenvalue weighted by Crippen LogP contribution is 2.19. The number of hydrogen-bond acceptors (Lipinski definition) is 3. The molecule has 0 saturated carbocycles. The standard InChI is InChI=1S/C12H10BrFN2OS/c13-10-6-9(14)4-3-8(10)7-17-16-12(15)11-2-1-5-18-11/h1-6H,7H2,(H2,15,16). The highest BCUT2D eigenvalue weighted by Gasteiger charge is 2.03. The van der Waals surface area contributed by atoms with Crippen molar-refractivity contribution in [3.05, 3.63) is 56.4 Å². The molecule has 0 amide bonds. The third kappa shape index (κ3) is 3.30. The summed E-state index contributed by atoms with van der Waals surface area (Å²) in [4.78, 5) is 6.00. The van der Waals surface area contributed by atoms with Crippen molar-refractivity contribution in [3.8, 4) is 0 Å². The van der Waals surface area contributed by atoms with Gasteiger partial charge in [0.15, 0.2) is 5.84 Å². The first kappa shape index (κ1) is 13.0. The van der Waals surface area contributed by atoms with E-state index in [-0.39, 0.29) is 12.4 Å². The van der Waals surface area contributed by atoms with Crippen LogP contribution in [0.1, 0.15) is 10.4 Å². The van der Waals surface area contributed by atoms with Crippen LogP contribution in [-0.2, 0) is 11.4 Å². The van der Waals surface area contributed by atoms with Crippen LogP contribution in [0.2, 0.25) is 0 Å². The van der Waals surface area contributed by atoms with Gasteiger partial charge in [-0.05, 0) is 23.6 Å². The Bertz CT molecular complexity index is 557. The lowest BCUT2D eigenvalue weighted by Gasteiger charge is -2.03. The zero-order chi connectivity index (χ0) is 13.0. The van der Waals surface area contributed by atoms with E-state index < -0.39 is 0 Å². The first-order chi connectivity index (χ1) is 8.66. The molecule has 0 bridgehead atoms. The van der Waals surface area contributed by atoms with Gasteiger partial charge in [0.25, 0.3) is 0 Å². The van der Waals surface area contributed by atoms with Crippen molar-refractivity contribution in [2.75, 3.05) is 0 Å². The van der Waals surface area contributed by atoms with Crippen molar-refractivity contribution >= 4 is 33.1 Å². The number of rotatable bonds is 4. The zero-order valence-electron chi connectivity index (χ0n) is 9.27. The molecule has 1 aromatic carbocycles. The summed E-state index contributed by atoms with van der Waals surface area (Å²) in [5, 5.41) is 5.73. The minimum absolute atomic E-state index is 0.229. The maximum Gasteiger partial charge on any atom is 0.180 e. The van der Waals surface area contributed by atoms with Crippen LogP contribution in [0.15, 0.2) is 45.3 Å². The number of oxime groups is 1. The second kappa shape index (κ2) is 5.97. The smallest absolute Gasteiger partial charge is 0.180 e. The van der Waals surface area contributed by atoms with E-state index in [2.05, 4.69) is 21.1 Å². The summed E-state index contributed by atoms with van der Waals surface area (Å²) in [5.41, 5.74) is 6.53. The predicted molar refractivity (Wildman–Crippen MR) is 73.9 cm³/mol. The highest BCUT2D eigenvalue weighted by atomic mass is 79.9. The molecule has 2 N–H and O–H groups in total. The van der Waals surface area contributed by atoms with Crippen molar-refractivity contribution in [2.24, 2.45) is 10.9 Å². The Morgan fingerprint density at radius 3 is 2.94 bits per heavy atom. The van der Waals surface area contributed by atoms with Crippen LogP contribution in [0.5, 0.6) is 0 Å². The molecule has 0 saturated heterocycles. The number of amidine groups is 1. The zero-order valence-corrected chi connectivity index (χ0v) is 11.7. The number of nitrogens with zero attached hydrogens (tertiary/aromatic N) is 1. The second-order valence-corrected chi connectivity index (χ2v) is 5.27. The van der Waals surface area contributed by atoms with Gasteiger partial charge >= 0.3 is 0 Å². The molecule has 0 spiro atoms. The molecule has 1 aromatic heterocycles. The molecule has 18 heavy (non-hydrogen) atoms. The van der Waals surface area contributed by atoms with E-state index in [1.165, 1.54) is 23.5 Å². The van der Waals surface area contributed by atoms with Crippen LogP contribution in [0.4, 0.5) is 4.39 Å². The largest absolute Gasteiger partial charge is 0.389 e. The third-order valence-corrected chi connectivity index (χ3v) is 3.80. The van der Waals surface area contributed by atoms with Gasteiger partial charge in [0.05, 0.1) is 4.88 Å². The van der Waals surface area contributed by atoms with Crippen LogP contribution in [0, 0.1) is 5.82 Å². The molecule has 0 unspecified atom stereocenters. The molecular weight excluding hydrogens is 319 g/mol. The van der Waals surface area contributed by atoms with E-state index in [1.807, 2.05) is 17.5 Å². The fraction of sp³-hybridized carbons (Fsp3) is 0.0833. The van der Waals surface area contributed by atoms with E-state index in [4.69, 9.17) is 10.6 Å². The summed E-state index contributed by atoms with van der Waals surface area (Å²) >= 11 is 4.74. The van der Waals surface area contributed by atoms with E-state index >= 15 is 0 Å². The lowest BCUT2D eigenvalue weighted by atomic mass is 10.2. The topological polar surface area (TPSA) is 47.6 Å². The summed E-state index contributed by atoms with van der Waals surface area (Å²) in [6.45, 7) is 0.229. The van der Waals surface area contributed by atoms with Crippen LogP contribution in [0.25, 0.3) is 0 Å². The van der Waals surface area contributed by atoms with Crippen molar-refractivity contribution < 1.29 is 9.23 Å². The maximum atomic E-state index is 12.9. The summed E-state index contributed by atoms with van der Waals surface area (Å²) in [6.07, 6.45) is 0. The molecule has 6 heteroatoms. The number of thiophene rings is 1. The Balaban J connectivity index is 1.98. The van der Waals surface area contributed by atoms with Gasteiger partial charge in [0.1, 0.15) is 12.4 Å². The monoisotopic (exact) mass is 328 g/mol. The van der Waals surface area contributed by atoms with E-state index in [0.717, 1.165) is 10.4 Å². The SMILES string of the molecule is N/C(=N\OCc1ccc(F)cc1Br)c1cccs1. The first-order valence-electron chi connectivity index (χ1n) is 5.10. The van der Waals surface area contributed by atoms with E-state index in [1.54, 1.807) is 6.07 Å². The van der Waals surface area contributed by atoms with Gasteiger partial charge < -0.3 is 10.6 Å². The van der Waals surface area contributed by atoms with Gasteiger partial charge in [0.2, 0.25) is 0 Å². The summed E-state index contributed by atoms with van der Waals surface area (Å²) in [7, 11) is 0. The Labute approximate surface area is 116 Å². The molecule has 2 aromatic rings. The molecule has 0 atom stereocenters. The van der Waals surface area contributed by atoms with Crippen molar-refractivity contribution in [1.82, 2.24) is 0 Å². The number of halogens is 2. The lowest BCUT2D eigenvalue weighted by Crippen LogP contribution is -2.11. The van der Waals surface area contributed by atoms with Gasteiger partial charge in [-0.25, -0.2) is 4.39 Å². The molecule has 1 heterocycles. The van der Waals surface area contributed by atoms with Crippen molar-refractivity contribution in [3.63, 3.8) is 0 Å². The summed E-state index contributed by atoms with van der Waals surface area (Å²) in [5.74, 6) is 0.0375. The number of hydrogen-bond donors (Lipinski definition) is 1. The van der Waals surface area contributed by atoms with Gasteiger partial charge in [-0.15, -0.1) is 11.3 Å². The van der Waals surface area contributed by atoms with E-state index in [0.29, 0.717) is 10.3 Å². The molecule has 0 aliphatic carbocycles. The molecule has 0 aliphatic rings. The first-order valence-corrected chi connectivity index (χ1v) is 6.77. The quantitative estimate of drug-likeness (QED) is 0.530. The van der Waals surface area contributed by atoms with Crippen LogP contribution < -0.4 is 5.73 Å². The average molecular weight is 329 g/mol. The van der Waals surface area contributed by atoms with Gasteiger partial charge in [-0.2, -0.15) is 0 Å². The third-order valence-electron chi connectivity index (χ3n) is 2.17. The van der Waals surface area contributed by atoms with Crippen LogP contribution in [-0.4, -0.2) is 5.84 Å². The van der Waals surface area contributed by atoms with Gasteiger partial charge in [-0.3, -0.25) is 0 Å². The van der Waals surface area contributed by atoms with Gasteiger partial charge in [0, 0.05) is 10.0 Å². The lowest BCUT2D eigenvalue weighted by molar-refractivity contribution is 0.130. The molecule has 0 aliphatic heterocycles. The average Bonchev–Trinajstić information content (AvgIpc) is 2.85. The molecule has 3 nitrogen and oxygen atoms in total. The van der Waals surface area contributed by atoms with Crippen molar-refractivity contribution in [1.29, 1.82) is 0 Å². The van der Waals surface area contributed by atoms with Crippen LogP contribution in [0.3, 0.4) is 0 Å². The molecule has 0 radical (unpaired) electrons. The summed E-state index contributed by atoms with van der Waals surface area (Å²) < 4.78 is 13.5. The normalized spacial score (nSPS) is 11.6. The van der Waals surface area contributed by atoms with Crippen LogP contribution >= 0.6 is 27.3 Å². The Morgan fingerprint density at radius 2 is 2.28 bits per heavy atom. The number of benzene rings is 1. The Morgan fingerprint density at radius 1 is 1.44 bits per heavy atom. The molecular formula is C12H10BrFN2OS. The fourth-order valence-corrected chi connectivity index (χ4v) is 2.36. The molecule has 0 fully saturated rings. The van der Waals surface area contributed by atoms with Gasteiger partial charge in [-0.1, -0.05) is 33.2 Å². The Kier molecular flexibility index (Phi) is 4.33. The Hall–Kier alpha value is -1.40. The number of nitrogens with two attached hydrogens (primary N) is 1.